The lowest BCUT2D eigenvalue weighted by atomic mass is 9.86. The summed E-state index contributed by atoms with van der Waals surface area (Å²) in [5, 5.41) is 21.4. The highest BCUT2D eigenvalue weighted by Gasteiger charge is 2.29. The number of rotatable bonds is 5. The number of nitrogens with zero attached hydrogens (tertiary/aromatic N) is 3. The number of fused-ring (bicyclic) bond motifs is 1. The van der Waals surface area contributed by atoms with Crippen LogP contribution in [0.5, 0.6) is 0 Å². The highest BCUT2D eigenvalue weighted by atomic mass is 35.5. The Kier molecular flexibility index (Phi) is 7.20. The van der Waals surface area contributed by atoms with E-state index >= 15 is 0 Å². The standard InChI is InChI=1S/C28H31Cl2N3O2/c1-17-11-19(16-31)12-25-22(17)13-20(32(25)4)14-23-24(29)6-5-21(26(23)30)27(34)33-9-7-18(8-10-33)15-28(2,3)35/h5-6,11-13,18,35H,7-10,14-15H2,1-4H3. The molecule has 0 unspecified atom stereocenters. The number of carbonyl (C=O) groups is 1. The minimum absolute atomic E-state index is 0.0822. The van der Waals surface area contributed by atoms with Gasteiger partial charge in [0.25, 0.3) is 5.91 Å². The molecule has 184 valence electrons. The lowest BCUT2D eigenvalue weighted by Gasteiger charge is -2.34. The normalized spacial score (nSPS) is 15.0. The third-order valence-corrected chi connectivity index (χ3v) is 7.85. The number of hydrogen-bond acceptors (Lipinski definition) is 3. The predicted molar refractivity (Wildman–Crippen MR) is 141 cm³/mol. The summed E-state index contributed by atoms with van der Waals surface area (Å²) in [6, 6.07) is 11.5. The molecule has 1 aliphatic heterocycles. The monoisotopic (exact) mass is 511 g/mol. The first-order valence-corrected chi connectivity index (χ1v) is 12.7. The Labute approximate surface area is 216 Å². The Morgan fingerprint density at radius 2 is 1.89 bits per heavy atom. The van der Waals surface area contributed by atoms with Gasteiger partial charge in [0.05, 0.1) is 27.8 Å². The van der Waals surface area contributed by atoms with Gasteiger partial charge in [0, 0.05) is 48.2 Å². The molecule has 3 aromatic rings. The van der Waals surface area contributed by atoms with Gasteiger partial charge in [-0.15, -0.1) is 0 Å². The maximum absolute atomic E-state index is 13.4. The first-order valence-electron chi connectivity index (χ1n) is 12.0. The van der Waals surface area contributed by atoms with Gasteiger partial charge in [-0.1, -0.05) is 23.2 Å². The van der Waals surface area contributed by atoms with Crippen molar-refractivity contribution in [1.29, 1.82) is 5.26 Å². The Bertz CT molecular complexity index is 1320. The van der Waals surface area contributed by atoms with E-state index < -0.39 is 5.60 Å². The summed E-state index contributed by atoms with van der Waals surface area (Å²) < 4.78 is 2.05. The van der Waals surface area contributed by atoms with Crippen LogP contribution in [0.2, 0.25) is 10.0 Å². The molecule has 7 heteroatoms. The fraction of sp³-hybridized carbons (Fsp3) is 0.429. The second kappa shape index (κ2) is 9.85. The third kappa shape index (κ3) is 5.35. The van der Waals surface area contributed by atoms with E-state index in [1.54, 1.807) is 12.1 Å². The number of aryl methyl sites for hydroxylation is 2. The average molecular weight is 512 g/mol. The fourth-order valence-electron chi connectivity index (χ4n) is 5.22. The number of piperidine rings is 1. The molecule has 0 bridgehead atoms. The van der Waals surface area contributed by atoms with Gasteiger partial charge in [0.2, 0.25) is 0 Å². The fourth-order valence-corrected chi connectivity index (χ4v) is 5.81. The summed E-state index contributed by atoms with van der Waals surface area (Å²) in [6.07, 6.45) is 2.95. The number of carbonyl (C=O) groups excluding carboxylic acids is 1. The van der Waals surface area contributed by atoms with Crippen molar-refractivity contribution in [3.8, 4) is 6.07 Å². The molecule has 1 aliphatic rings. The van der Waals surface area contributed by atoms with Crippen LogP contribution in [0, 0.1) is 24.2 Å². The molecule has 1 amide bonds. The lowest BCUT2D eigenvalue weighted by molar-refractivity contribution is 0.0358. The van der Waals surface area contributed by atoms with Crippen molar-refractivity contribution >= 4 is 40.0 Å². The molecule has 5 nitrogen and oxygen atoms in total. The number of aromatic nitrogens is 1. The van der Waals surface area contributed by atoms with Crippen LogP contribution in [0.15, 0.2) is 30.3 Å². The van der Waals surface area contributed by atoms with Crippen LogP contribution in [0.4, 0.5) is 0 Å². The van der Waals surface area contributed by atoms with Crippen molar-refractivity contribution in [2.45, 2.75) is 52.1 Å². The zero-order valence-corrected chi connectivity index (χ0v) is 22.2. The second-order valence-corrected chi connectivity index (χ2v) is 11.1. The van der Waals surface area contributed by atoms with Crippen LogP contribution < -0.4 is 0 Å². The molecule has 35 heavy (non-hydrogen) atoms. The van der Waals surface area contributed by atoms with Gasteiger partial charge in [-0.25, -0.2) is 0 Å². The number of amides is 1. The molecule has 1 fully saturated rings. The van der Waals surface area contributed by atoms with E-state index in [1.807, 2.05) is 44.9 Å². The van der Waals surface area contributed by atoms with Crippen molar-refractivity contribution in [2.24, 2.45) is 13.0 Å². The summed E-state index contributed by atoms with van der Waals surface area (Å²) >= 11 is 13.4. The SMILES string of the molecule is Cc1cc(C#N)cc2c1cc(Cc1c(Cl)ccc(C(=O)N3CCC(CC(C)(C)O)CC3)c1Cl)n2C. The number of benzene rings is 2. The van der Waals surface area contributed by atoms with Gasteiger partial charge in [-0.05, 0) is 87.4 Å². The summed E-state index contributed by atoms with van der Waals surface area (Å²) in [4.78, 5) is 15.2. The highest BCUT2D eigenvalue weighted by Crippen LogP contribution is 2.34. The largest absolute Gasteiger partial charge is 0.390 e. The first-order chi connectivity index (χ1) is 16.5. The molecule has 1 N–H and O–H groups in total. The molecule has 0 atom stereocenters. The molecular weight excluding hydrogens is 481 g/mol. The molecule has 1 saturated heterocycles. The van der Waals surface area contributed by atoms with Crippen LogP contribution in [-0.2, 0) is 13.5 Å². The number of likely N-dealkylation sites (tertiary alicyclic amines) is 1. The average Bonchev–Trinajstić information content (AvgIpc) is 3.11. The van der Waals surface area contributed by atoms with Crippen LogP contribution in [-0.4, -0.2) is 39.2 Å². The number of aliphatic hydroxyl groups is 1. The molecular formula is C28H31Cl2N3O2. The van der Waals surface area contributed by atoms with Crippen molar-refractivity contribution in [2.75, 3.05) is 13.1 Å². The maximum atomic E-state index is 13.4. The summed E-state index contributed by atoms with van der Waals surface area (Å²) in [5.41, 5.74) is 4.13. The zero-order chi connectivity index (χ0) is 25.5. The van der Waals surface area contributed by atoms with Gasteiger partial charge in [0.1, 0.15) is 0 Å². The van der Waals surface area contributed by atoms with Crippen molar-refractivity contribution in [3.05, 3.63) is 68.3 Å². The summed E-state index contributed by atoms with van der Waals surface area (Å²) in [6.45, 7) is 6.96. The van der Waals surface area contributed by atoms with Crippen LogP contribution >= 0.6 is 23.2 Å². The predicted octanol–water partition coefficient (Wildman–Crippen LogP) is 6.27. The van der Waals surface area contributed by atoms with E-state index in [9.17, 15) is 15.2 Å². The van der Waals surface area contributed by atoms with Crippen molar-refractivity contribution in [3.63, 3.8) is 0 Å². The smallest absolute Gasteiger partial charge is 0.255 e. The van der Waals surface area contributed by atoms with Gasteiger partial charge < -0.3 is 14.6 Å². The van der Waals surface area contributed by atoms with Crippen LogP contribution in [0.1, 0.15) is 65.9 Å². The van der Waals surface area contributed by atoms with Crippen molar-refractivity contribution in [1.82, 2.24) is 9.47 Å². The van der Waals surface area contributed by atoms with Gasteiger partial charge in [0.15, 0.2) is 0 Å². The molecule has 1 aromatic heterocycles. The Hall–Kier alpha value is -2.52. The zero-order valence-electron chi connectivity index (χ0n) is 20.7. The van der Waals surface area contributed by atoms with Gasteiger partial charge in [-0.3, -0.25) is 4.79 Å². The number of hydrogen-bond donors (Lipinski definition) is 1. The quantitative estimate of drug-likeness (QED) is 0.438. The number of halogens is 2. The first kappa shape index (κ1) is 25.6. The molecule has 0 radical (unpaired) electrons. The molecule has 2 heterocycles. The topological polar surface area (TPSA) is 69.3 Å². The molecule has 0 saturated carbocycles. The Morgan fingerprint density at radius 1 is 1.20 bits per heavy atom. The van der Waals surface area contributed by atoms with Gasteiger partial charge >= 0.3 is 0 Å². The van der Waals surface area contributed by atoms with E-state index in [4.69, 9.17) is 23.2 Å². The van der Waals surface area contributed by atoms with Crippen molar-refractivity contribution < 1.29 is 9.90 Å². The minimum atomic E-state index is -0.693. The Morgan fingerprint density at radius 3 is 2.51 bits per heavy atom. The summed E-state index contributed by atoms with van der Waals surface area (Å²) in [7, 11) is 1.97. The highest BCUT2D eigenvalue weighted by molar-refractivity contribution is 6.38. The van der Waals surface area contributed by atoms with Crippen LogP contribution in [0.3, 0.4) is 0 Å². The van der Waals surface area contributed by atoms with E-state index in [0.29, 0.717) is 46.6 Å². The van der Waals surface area contributed by atoms with Gasteiger partial charge in [-0.2, -0.15) is 5.26 Å². The van der Waals surface area contributed by atoms with E-state index in [2.05, 4.69) is 16.7 Å². The molecule has 2 aromatic carbocycles. The second-order valence-electron chi connectivity index (χ2n) is 10.3. The molecule has 0 aliphatic carbocycles. The van der Waals surface area contributed by atoms with E-state index in [1.165, 1.54) is 0 Å². The minimum Gasteiger partial charge on any atom is -0.390 e. The maximum Gasteiger partial charge on any atom is 0.255 e. The lowest BCUT2D eigenvalue weighted by Crippen LogP contribution is -2.40. The van der Waals surface area contributed by atoms with Crippen LogP contribution in [0.25, 0.3) is 10.9 Å². The Balaban J connectivity index is 1.59. The molecule has 0 spiro atoms. The summed E-state index contributed by atoms with van der Waals surface area (Å²) in [5.74, 6) is 0.327. The van der Waals surface area contributed by atoms with E-state index in [-0.39, 0.29) is 5.91 Å². The number of nitriles is 1. The third-order valence-electron chi connectivity index (χ3n) is 7.06. The van der Waals surface area contributed by atoms with E-state index in [0.717, 1.165) is 47.0 Å². The molecule has 4 rings (SSSR count).